The fourth-order valence-corrected chi connectivity index (χ4v) is 2.51. The maximum atomic E-state index is 2.24. The van der Waals surface area contributed by atoms with Crippen molar-refractivity contribution in [3.8, 4) is 0 Å². The minimum atomic E-state index is 0.791. The zero-order valence-electron chi connectivity index (χ0n) is 11.1. The Balaban J connectivity index is 2.58. The van der Waals surface area contributed by atoms with E-state index in [2.05, 4.69) is 76.5 Å². The zero-order valence-corrected chi connectivity index (χ0v) is 11.1. The molecule has 0 aliphatic carbocycles. The molecular formula is C16H20N+. The molecule has 0 aliphatic heterocycles. The number of hydrogen-bond acceptors (Lipinski definition) is 0. The zero-order chi connectivity index (χ0) is 12.5. The molecular weight excluding hydrogens is 206 g/mol. The molecule has 1 nitrogen and oxygen atoms in total. The van der Waals surface area contributed by atoms with Gasteiger partial charge in [-0.3, -0.25) is 4.48 Å². The highest BCUT2D eigenvalue weighted by Crippen LogP contribution is 2.34. The number of nitrogens with zero attached hydrogens (tertiary/aromatic N) is 1. The largest absolute Gasteiger partial charge is 0.263 e. The van der Waals surface area contributed by atoms with Crippen molar-refractivity contribution in [3.63, 3.8) is 0 Å². The molecule has 0 fully saturated rings. The van der Waals surface area contributed by atoms with E-state index in [1.807, 2.05) is 0 Å². The van der Waals surface area contributed by atoms with Gasteiger partial charge in [0, 0.05) is 11.1 Å². The number of para-hydroxylation sites is 2. The summed E-state index contributed by atoms with van der Waals surface area (Å²) in [4.78, 5) is 0. The van der Waals surface area contributed by atoms with E-state index in [1.165, 1.54) is 22.5 Å². The van der Waals surface area contributed by atoms with Crippen molar-refractivity contribution in [2.45, 2.75) is 13.8 Å². The smallest absolute Gasteiger partial charge is 0.140 e. The summed E-state index contributed by atoms with van der Waals surface area (Å²) in [6, 6.07) is 17.2. The summed E-state index contributed by atoms with van der Waals surface area (Å²) in [5.41, 5.74) is 5.37. The summed E-state index contributed by atoms with van der Waals surface area (Å²) < 4.78 is 0.791. The highest BCUT2D eigenvalue weighted by Gasteiger charge is 2.25. The minimum Gasteiger partial charge on any atom is -0.263 e. The molecule has 2 aromatic carbocycles. The van der Waals surface area contributed by atoms with Gasteiger partial charge in [-0.25, -0.2) is 0 Å². The first-order valence-corrected chi connectivity index (χ1v) is 6.00. The van der Waals surface area contributed by atoms with Gasteiger partial charge in [-0.1, -0.05) is 36.4 Å². The predicted octanol–water partition coefficient (Wildman–Crippen LogP) is 4.20. The molecule has 0 unspecified atom stereocenters. The first-order chi connectivity index (χ1) is 8.03. The third-order valence-corrected chi connectivity index (χ3v) is 3.44. The van der Waals surface area contributed by atoms with Crippen LogP contribution in [0.2, 0.25) is 0 Å². The Morgan fingerprint density at radius 3 is 1.35 bits per heavy atom. The Bertz CT molecular complexity index is 479. The lowest BCUT2D eigenvalue weighted by molar-refractivity contribution is 0.549. The van der Waals surface area contributed by atoms with E-state index in [9.17, 15) is 0 Å². The van der Waals surface area contributed by atoms with Crippen LogP contribution in [0.3, 0.4) is 0 Å². The summed E-state index contributed by atoms with van der Waals surface area (Å²) in [6.45, 7) is 4.35. The summed E-state index contributed by atoms with van der Waals surface area (Å²) in [5, 5.41) is 0. The molecule has 1 heteroatoms. The topological polar surface area (TPSA) is 0 Å². The number of hydrogen-bond donors (Lipinski definition) is 0. The van der Waals surface area contributed by atoms with Gasteiger partial charge in [0.15, 0.2) is 0 Å². The fraction of sp³-hybridized carbons (Fsp3) is 0.250. The summed E-state index contributed by atoms with van der Waals surface area (Å²) >= 11 is 0. The normalized spacial score (nSPS) is 11.5. The summed E-state index contributed by atoms with van der Waals surface area (Å²) in [7, 11) is 4.48. The fourth-order valence-electron chi connectivity index (χ4n) is 2.51. The third kappa shape index (κ3) is 2.11. The van der Waals surface area contributed by atoms with Crippen molar-refractivity contribution in [2.24, 2.45) is 0 Å². The van der Waals surface area contributed by atoms with Gasteiger partial charge in [0.05, 0.1) is 14.1 Å². The van der Waals surface area contributed by atoms with Crippen LogP contribution >= 0.6 is 0 Å². The molecule has 2 aromatic rings. The van der Waals surface area contributed by atoms with Crippen LogP contribution in [0.5, 0.6) is 0 Å². The molecule has 0 N–H and O–H groups in total. The van der Waals surface area contributed by atoms with Crippen molar-refractivity contribution >= 4 is 11.4 Å². The molecule has 0 radical (unpaired) electrons. The van der Waals surface area contributed by atoms with Gasteiger partial charge in [-0.2, -0.15) is 0 Å². The van der Waals surface area contributed by atoms with E-state index < -0.39 is 0 Å². The van der Waals surface area contributed by atoms with E-state index in [0.717, 1.165) is 4.48 Å². The van der Waals surface area contributed by atoms with E-state index in [4.69, 9.17) is 0 Å². The van der Waals surface area contributed by atoms with Crippen LogP contribution in [0.25, 0.3) is 0 Å². The van der Waals surface area contributed by atoms with Crippen LogP contribution in [0.1, 0.15) is 11.1 Å². The van der Waals surface area contributed by atoms with Gasteiger partial charge in [-0.05, 0) is 26.0 Å². The lowest BCUT2D eigenvalue weighted by atomic mass is 10.1. The molecule has 0 bridgehead atoms. The molecule has 0 amide bonds. The Morgan fingerprint density at radius 1 is 0.647 bits per heavy atom. The van der Waals surface area contributed by atoms with Crippen LogP contribution < -0.4 is 4.48 Å². The Labute approximate surface area is 104 Å². The maximum Gasteiger partial charge on any atom is 0.140 e. The third-order valence-electron chi connectivity index (χ3n) is 3.44. The quantitative estimate of drug-likeness (QED) is 0.673. The number of aryl methyl sites for hydroxylation is 2. The van der Waals surface area contributed by atoms with Gasteiger partial charge < -0.3 is 0 Å². The van der Waals surface area contributed by atoms with Gasteiger partial charge in [0.1, 0.15) is 11.4 Å². The number of rotatable bonds is 2. The number of benzene rings is 2. The van der Waals surface area contributed by atoms with Crippen molar-refractivity contribution in [3.05, 3.63) is 59.7 Å². The Hall–Kier alpha value is -1.60. The molecule has 0 saturated heterocycles. The molecule has 0 aromatic heterocycles. The Morgan fingerprint density at radius 2 is 1.00 bits per heavy atom. The second-order valence-electron chi connectivity index (χ2n) is 5.03. The Kier molecular flexibility index (Phi) is 3.03. The van der Waals surface area contributed by atoms with E-state index >= 15 is 0 Å². The molecule has 0 spiro atoms. The molecule has 88 valence electrons. The average molecular weight is 226 g/mol. The lowest BCUT2D eigenvalue weighted by Crippen LogP contribution is -2.35. The number of quaternary nitrogens is 1. The van der Waals surface area contributed by atoms with Gasteiger partial charge in [-0.15, -0.1) is 0 Å². The standard InChI is InChI=1S/C16H20N/c1-13-9-5-7-11-15(13)17(3,4)16-12-8-6-10-14(16)2/h5-12H,1-4H3/q+1. The van der Waals surface area contributed by atoms with Crippen LogP contribution in [-0.2, 0) is 0 Å². The van der Waals surface area contributed by atoms with Crippen LogP contribution in [-0.4, -0.2) is 14.1 Å². The summed E-state index contributed by atoms with van der Waals surface area (Å²) in [6.07, 6.45) is 0. The van der Waals surface area contributed by atoms with Crippen molar-refractivity contribution in [1.82, 2.24) is 4.48 Å². The minimum absolute atomic E-state index is 0.791. The first-order valence-electron chi connectivity index (χ1n) is 6.00. The van der Waals surface area contributed by atoms with Crippen LogP contribution in [0, 0.1) is 13.8 Å². The van der Waals surface area contributed by atoms with Gasteiger partial charge in [0.2, 0.25) is 0 Å². The monoisotopic (exact) mass is 226 g/mol. The second-order valence-corrected chi connectivity index (χ2v) is 5.03. The van der Waals surface area contributed by atoms with Crippen molar-refractivity contribution in [1.29, 1.82) is 0 Å². The molecule has 0 atom stereocenters. The van der Waals surface area contributed by atoms with E-state index in [-0.39, 0.29) is 0 Å². The van der Waals surface area contributed by atoms with E-state index in [0.29, 0.717) is 0 Å². The molecule has 17 heavy (non-hydrogen) atoms. The van der Waals surface area contributed by atoms with Crippen LogP contribution in [0.4, 0.5) is 11.4 Å². The highest BCUT2D eigenvalue weighted by molar-refractivity contribution is 5.63. The summed E-state index contributed by atoms with van der Waals surface area (Å²) in [5.74, 6) is 0. The molecule has 0 saturated carbocycles. The van der Waals surface area contributed by atoms with Gasteiger partial charge >= 0.3 is 0 Å². The molecule has 2 rings (SSSR count). The average Bonchev–Trinajstić information content (AvgIpc) is 2.29. The van der Waals surface area contributed by atoms with Crippen molar-refractivity contribution in [2.75, 3.05) is 14.1 Å². The SMILES string of the molecule is Cc1ccccc1[N+](C)(C)c1ccccc1C. The van der Waals surface area contributed by atoms with Gasteiger partial charge in [0.25, 0.3) is 0 Å². The van der Waals surface area contributed by atoms with E-state index in [1.54, 1.807) is 0 Å². The molecule has 0 heterocycles. The maximum absolute atomic E-state index is 2.24. The first kappa shape index (κ1) is 11.9. The predicted molar refractivity (Wildman–Crippen MR) is 75.7 cm³/mol. The molecule has 0 aliphatic rings. The lowest BCUT2D eigenvalue weighted by Gasteiger charge is -2.31. The van der Waals surface area contributed by atoms with Crippen LogP contribution in [0.15, 0.2) is 48.5 Å². The van der Waals surface area contributed by atoms with Crippen molar-refractivity contribution < 1.29 is 0 Å². The second kappa shape index (κ2) is 4.34. The highest BCUT2D eigenvalue weighted by atomic mass is 15.3.